The lowest BCUT2D eigenvalue weighted by Gasteiger charge is -2.16. The molecule has 1 aliphatic rings. The van der Waals surface area contributed by atoms with E-state index in [4.69, 9.17) is 0 Å². The number of nitrogens with zero attached hydrogens (tertiary/aromatic N) is 1. The Labute approximate surface area is 132 Å². The van der Waals surface area contributed by atoms with E-state index in [0.717, 1.165) is 16.0 Å². The number of aryl methyl sites for hydroxylation is 2. The van der Waals surface area contributed by atoms with Crippen molar-refractivity contribution in [2.75, 3.05) is 4.90 Å². The summed E-state index contributed by atoms with van der Waals surface area (Å²) in [5.41, 5.74) is 2.38. The zero-order valence-electron chi connectivity index (χ0n) is 12.6. The fourth-order valence-electron chi connectivity index (χ4n) is 2.71. The van der Waals surface area contributed by atoms with Crippen LogP contribution < -0.4 is 4.90 Å². The Morgan fingerprint density at radius 3 is 2.04 bits per heavy atom. The number of anilines is 1. The zero-order chi connectivity index (χ0) is 16.7. The minimum atomic E-state index is -0.778. The van der Waals surface area contributed by atoms with Gasteiger partial charge in [0.25, 0.3) is 5.91 Å². The maximum Gasteiger partial charge on any atom is 0.301 e. The molecular weight excluding hydrogens is 297 g/mol. The quantitative estimate of drug-likeness (QED) is 0.866. The second-order valence-electron chi connectivity index (χ2n) is 5.52. The van der Waals surface area contributed by atoms with Gasteiger partial charge in [0.2, 0.25) is 0 Å². The maximum absolute atomic E-state index is 13.0. The van der Waals surface area contributed by atoms with Crippen molar-refractivity contribution in [3.63, 3.8) is 0 Å². The summed E-state index contributed by atoms with van der Waals surface area (Å²) in [4.78, 5) is 25.9. The van der Waals surface area contributed by atoms with Crippen LogP contribution in [0.2, 0.25) is 0 Å². The highest BCUT2D eigenvalue weighted by molar-refractivity contribution is 6.44. The van der Waals surface area contributed by atoms with Crippen molar-refractivity contribution in [3.05, 3.63) is 70.7 Å². The lowest BCUT2D eigenvalue weighted by atomic mass is 10.1. The van der Waals surface area contributed by atoms with Crippen molar-refractivity contribution < 1.29 is 19.1 Å². The monoisotopic (exact) mass is 311 g/mol. The maximum atomic E-state index is 13.0. The van der Waals surface area contributed by atoms with Crippen LogP contribution in [-0.2, 0) is 9.59 Å². The summed E-state index contributed by atoms with van der Waals surface area (Å²) >= 11 is 0. The molecule has 4 nitrogen and oxygen atoms in total. The highest BCUT2D eigenvalue weighted by atomic mass is 19.1. The number of amides is 2. The molecule has 2 aromatic carbocycles. The summed E-state index contributed by atoms with van der Waals surface area (Å²) in [7, 11) is 0. The molecule has 1 aliphatic heterocycles. The molecule has 0 fully saturated rings. The van der Waals surface area contributed by atoms with Crippen molar-refractivity contribution in [2.24, 2.45) is 0 Å². The first-order chi connectivity index (χ1) is 10.9. The standard InChI is InChI=1S/C18H14FNO3/c1-10-7-11(2)9-14(8-10)20-17(22)15(16(21)18(20)23)12-3-5-13(19)6-4-12/h3-9,21H,1-2H3. The molecule has 0 bridgehead atoms. The summed E-state index contributed by atoms with van der Waals surface area (Å²) in [5, 5.41) is 10.1. The number of rotatable bonds is 2. The molecule has 5 heteroatoms. The van der Waals surface area contributed by atoms with Gasteiger partial charge >= 0.3 is 5.91 Å². The molecule has 2 amide bonds. The molecule has 0 saturated carbocycles. The molecule has 0 aromatic heterocycles. The Hall–Kier alpha value is -2.95. The van der Waals surface area contributed by atoms with E-state index in [1.807, 2.05) is 19.9 Å². The fraction of sp³-hybridized carbons (Fsp3) is 0.111. The normalized spacial score (nSPS) is 14.8. The lowest BCUT2D eigenvalue weighted by Crippen LogP contribution is -2.31. The Morgan fingerprint density at radius 1 is 0.913 bits per heavy atom. The van der Waals surface area contributed by atoms with Crippen molar-refractivity contribution >= 4 is 23.1 Å². The van der Waals surface area contributed by atoms with Gasteiger partial charge in [-0.05, 0) is 54.8 Å². The van der Waals surface area contributed by atoms with Crippen LogP contribution in [0.4, 0.5) is 10.1 Å². The van der Waals surface area contributed by atoms with Gasteiger partial charge in [0, 0.05) is 0 Å². The highest BCUT2D eigenvalue weighted by Gasteiger charge is 2.40. The largest absolute Gasteiger partial charge is 0.502 e. The molecule has 0 atom stereocenters. The average Bonchev–Trinajstić information content (AvgIpc) is 2.69. The Morgan fingerprint density at radius 2 is 1.48 bits per heavy atom. The third kappa shape index (κ3) is 2.50. The second kappa shape index (κ2) is 5.35. The number of hydrogen-bond acceptors (Lipinski definition) is 3. The van der Waals surface area contributed by atoms with Crippen LogP contribution in [0.5, 0.6) is 0 Å². The zero-order valence-corrected chi connectivity index (χ0v) is 12.6. The Kier molecular flexibility index (Phi) is 3.48. The number of carbonyl (C=O) groups is 2. The van der Waals surface area contributed by atoms with Gasteiger partial charge < -0.3 is 5.11 Å². The Bertz CT molecular complexity index is 833. The van der Waals surface area contributed by atoms with Crippen molar-refractivity contribution in [3.8, 4) is 0 Å². The molecule has 1 N–H and O–H groups in total. The highest BCUT2D eigenvalue weighted by Crippen LogP contribution is 2.32. The van der Waals surface area contributed by atoms with E-state index in [9.17, 15) is 19.1 Å². The number of halogens is 1. The number of hydrogen-bond donors (Lipinski definition) is 1. The number of carbonyl (C=O) groups excluding carboxylic acids is 2. The van der Waals surface area contributed by atoms with E-state index in [-0.39, 0.29) is 5.57 Å². The molecule has 1 heterocycles. The SMILES string of the molecule is Cc1cc(C)cc(N2C(=O)C(O)=C(c3ccc(F)cc3)C2=O)c1. The Balaban J connectivity index is 2.07. The molecule has 116 valence electrons. The summed E-state index contributed by atoms with van der Waals surface area (Å²) in [5.74, 6) is -2.49. The van der Waals surface area contributed by atoms with Gasteiger partial charge in [-0.1, -0.05) is 18.2 Å². The van der Waals surface area contributed by atoms with Crippen LogP contribution in [0.3, 0.4) is 0 Å². The smallest absolute Gasteiger partial charge is 0.301 e. The van der Waals surface area contributed by atoms with Gasteiger partial charge in [-0.25, -0.2) is 9.29 Å². The van der Waals surface area contributed by atoms with E-state index in [2.05, 4.69) is 0 Å². The van der Waals surface area contributed by atoms with Crippen LogP contribution in [0, 0.1) is 19.7 Å². The number of imide groups is 1. The average molecular weight is 311 g/mol. The van der Waals surface area contributed by atoms with Gasteiger partial charge in [-0.3, -0.25) is 9.59 Å². The lowest BCUT2D eigenvalue weighted by molar-refractivity contribution is -0.121. The summed E-state index contributed by atoms with van der Waals surface area (Å²) in [6, 6.07) is 10.4. The predicted molar refractivity (Wildman–Crippen MR) is 84.4 cm³/mol. The minimum absolute atomic E-state index is 0.117. The number of aliphatic hydroxyl groups excluding tert-OH is 1. The minimum Gasteiger partial charge on any atom is -0.502 e. The first-order valence-corrected chi connectivity index (χ1v) is 7.05. The van der Waals surface area contributed by atoms with Gasteiger partial charge in [0.15, 0.2) is 5.76 Å². The van der Waals surface area contributed by atoms with E-state index in [1.165, 1.54) is 24.3 Å². The van der Waals surface area contributed by atoms with E-state index in [0.29, 0.717) is 11.3 Å². The van der Waals surface area contributed by atoms with Crippen molar-refractivity contribution in [2.45, 2.75) is 13.8 Å². The van der Waals surface area contributed by atoms with Crippen molar-refractivity contribution in [1.82, 2.24) is 0 Å². The molecule has 0 unspecified atom stereocenters. The third-order valence-corrected chi connectivity index (χ3v) is 3.66. The van der Waals surface area contributed by atoms with Crippen LogP contribution in [0.15, 0.2) is 48.2 Å². The molecule has 0 saturated heterocycles. The van der Waals surface area contributed by atoms with E-state index in [1.54, 1.807) is 12.1 Å². The van der Waals surface area contributed by atoms with Crippen molar-refractivity contribution in [1.29, 1.82) is 0 Å². The topological polar surface area (TPSA) is 57.6 Å². The molecule has 23 heavy (non-hydrogen) atoms. The molecule has 2 aromatic rings. The molecule has 0 spiro atoms. The van der Waals surface area contributed by atoms with Gasteiger partial charge in [0.05, 0.1) is 11.3 Å². The predicted octanol–water partition coefficient (Wildman–Crippen LogP) is 3.29. The van der Waals surface area contributed by atoms with E-state index >= 15 is 0 Å². The number of aliphatic hydroxyl groups is 1. The van der Waals surface area contributed by atoms with Crippen LogP contribution in [-0.4, -0.2) is 16.9 Å². The van der Waals surface area contributed by atoms with Gasteiger partial charge in [-0.15, -0.1) is 0 Å². The third-order valence-electron chi connectivity index (χ3n) is 3.66. The first-order valence-electron chi connectivity index (χ1n) is 7.05. The van der Waals surface area contributed by atoms with Crippen LogP contribution >= 0.6 is 0 Å². The summed E-state index contributed by atoms with van der Waals surface area (Å²) < 4.78 is 13.0. The van der Waals surface area contributed by atoms with Gasteiger partial charge in [0.1, 0.15) is 5.82 Å². The number of benzene rings is 2. The molecule has 0 aliphatic carbocycles. The first kappa shape index (κ1) is 15.0. The van der Waals surface area contributed by atoms with Gasteiger partial charge in [-0.2, -0.15) is 0 Å². The molecular formula is C18H14FNO3. The molecule has 3 rings (SSSR count). The van der Waals surface area contributed by atoms with Crippen LogP contribution in [0.1, 0.15) is 16.7 Å². The summed E-state index contributed by atoms with van der Waals surface area (Å²) in [6.45, 7) is 3.71. The summed E-state index contributed by atoms with van der Waals surface area (Å²) in [6.07, 6.45) is 0. The van der Waals surface area contributed by atoms with E-state index < -0.39 is 23.4 Å². The second-order valence-corrected chi connectivity index (χ2v) is 5.52. The fourth-order valence-corrected chi connectivity index (χ4v) is 2.71. The van der Waals surface area contributed by atoms with Crippen LogP contribution in [0.25, 0.3) is 5.57 Å². The molecule has 0 radical (unpaired) electrons.